The lowest BCUT2D eigenvalue weighted by Crippen LogP contribution is -2.00. The van der Waals surface area contributed by atoms with Crippen molar-refractivity contribution in [2.24, 2.45) is 0 Å². The van der Waals surface area contributed by atoms with Crippen LogP contribution in [-0.4, -0.2) is 19.5 Å². The fraction of sp³-hybridized carbons (Fsp3) is 0. The second kappa shape index (κ2) is 11.4. The van der Waals surface area contributed by atoms with Crippen molar-refractivity contribution in [3.8, 4) is 51.0 Å². The summed E-state index contributed by atoms with van der Waals surface area (Å²) in [5.41, 5.74) is 8.12. The van der Waals surface area contributed by atoms with Crippen LogP contribution >= 0.6 is 0 Å². The van der Waals surface area contributed by atoms with Gasteiger partial charge in [-0.05, 0) is 53.6 Å². The van der Waals surface area contributed by atoms with E-state index in [4.69, 9.17) is 21.2 Å². The minimum atomic E-state index is -0.480. The average Bonchev–Trinajstić information content (AvgIpc) is 3.77. The van der Waals surface area contributed by atoms with Crippen molar-refractivity contribution >= 4 is 43.7 Å². The molecule has 234 valence electrons. The van der Waals surface area contributed by atoms with Crippen LogP contribution < -0.4 is 0 Å². The summed E-state index contributed by atoms with van der Waals surface area (Å²) in [5, 5.41) is 4.11. The van der Waals surface area contributed by atoms with E-state index in [0.717, 1.165) is 44.2 Å². The van der Waals surface area contributed by atoms with Crippen LogP contribution in [0.15, 0.2) is 174 Å². The molecule has 0 fully saturated rings. The van der Waals surface area contributed by atoms with Gasteiger partial charge in [0, 0.05) is 50.0 Å². The number of para-hydroxylation sites is 1. The first-order chi connectivity index (χ1) is 26.8. The van der Waals surface area contributed by atoms with Gasteiger partial charge < -0.3 is 8.98 Å². The summed E-state index contributed by atoms with van der Waals surface area (Å²) >= 11 is 0. The van der Waals surface area contributed by atoms with Crippen LogP contribution in [0.1, 0.15) is 6.85 Å². The molecule has 0 saturated heterocycles. The number of fused-ring (bicyclic) bond motifs is 6. The topological polar surface area (TPSA) is 56.7 Å². The third kappa shape index (κ3) is 4.67. The van der Waals surface area contributed by atoms with E-state index in [0.29, 0.717) is 28.4 Å². The molecule has 50 heavy (non-hydrogen) atoms. The number of nitrogens with zero attached hydrogens (tertiary/aromatic N) is 4. The summed E-state index contributed by atoms with van der Waals surface area (Å²) < 4.78 is 50.6. The zero-order valence-corrected chi connectivity index (χ0v) is 26.5. The van der Waals surface area contributed by atoms with Gasteiger partial charge in [-0.2, -0.15) is 0 Å². The van der Waals surface area contributed by atoms with E-state index in [1.165, 1.54) is 10.8 Å². The molecule has 0 atom stereocenters. The molecule has 0 aliphatic heterocycles. The Morgan fingerprint density at radius 2 is 1.06 bits per heavy atom. The van der Waals surface area contributed by atoms with Crippen LogP contribution in [0.2, 0.25) is 0 Å². The maximum atomic E-state index is 8.62. The molecule has 0 saturated carbocycles. The highest BCUT2D eigenvalue weighted by molar-refractivity contribution is 6.11. The molecule has 0 unspecified atom stereocenters. The van der Waals surface area contributed by atoms with Crippen LogP contribution in [0.3, 0.4) is 0 Å². The second-order valence-electron chi connectivity index (χ2n) is 12.1. The molecule has 0 N–H and O–H groups in total. The van der Waals surface area contributed by atoms with Gasteiger partial charge in [-0.25, -0.2) is 15.0 Å². The average molecular weight is 646 g/mol. The molecule has 10 rings (SSSR count). The number of furan rings is 1. The van der Waals surface area contributed by atoms with Crippen molar-refractivity contribution < 1.29 is 11.3 Å². The molecule has 0 amide bonds. The van der Waals surface area contributed by atoms with Gasteiger partial charge in [-0.3, -0.25) is 0 Å². The highest BCUT2D eigenvalue weighted by atomic mass is 16.3. The Labute approximate surface area is 294 Å². The molecule has 10 aromatic rings. The second-order valence-corrected chi connectivity index (χ2v) is 12.1. The monoisotopic (exact) mass is 645 g/mol. The third-order valence-electron chi connectivity index (χ3n) is 9.14. The van der Waals surface area contributed by atoms with Gasteiger partial charge in [-0.15, -0.1) is 0 Å². The van der Waals surface area contributed by atoms with Gasteiger partial charge in [0.2, 0.25) is 0 Å². The van der Waals surface area contributed by atoms with Crippen LogP contribution in [0.25, 0.3) is 94.7 Å². The molecule has 0 spiro atoms. The largest absolute Gasteiger partial charge is 0.456 e. The van der Waals surface area contributed by atoms with Gasteiger partial charge in [0.25, 0.3) is 0 Å². The quantitative estimate of drug-likeness (QED) is 0.187. The van der Waals surface area contributed by atoms with Crippen molar-refractivity contribution in [3.63, 3.8) is 0 Å². The smallest absolute Gasteiger partial charge is 0.164 e. The van der Waals surface area contributed by atoms with Gasteiger partial charge in [-0.1, -0.05) is 121 Å². The molecule has 5 heteroatoms. The van der Waals surface area contributed by atoms with Crippen molar-refractivity contribution in [2.75, 3.05) is 0 Å². The summed E-state index contributed by atoms with van der Waals surface area (Å²) in [7, 11) is 0. The van der Waals surface area contributed by atoms with Gasteiger partial charge in [0.05, 0.1) is 17.9 Å². The van der Waals surface area contributed by atoms with Gasteiger partial charge >= 0.3 is 0 Å². The van der Waals surface area contributed by atoms with Crippen molar-refractivity contribution in [2.45, 2.75) is 0 Å². The molecule has 7 aromatic carbocycles. The van der Waals surface area contributed by atoms with E-state index in [-0.39, 0.29) is 23.5 Å². The summed E-state index contributed by atoms with van der Waals surface area (Å²) in [4.78, 5) is 14.2. The van der Waals surface area contributed by atoms with Crippen molar-refractivity contribution in [1.82, 2.24) is 19.5 Å². The first-order valence-electron chi connectivity index (χ1n) is 18.8. The Kier molecular flexibility index (Phi) is 5.35. The van der Waals surface area contributed by atoms with E-state index in [9.17, 15) is 0 Å². The zero-order valence-electron chi connectivity index (χ0n) is 31.5. The lowest BCUT2D eigenvalue weighted by Gasteiger charge is -2.09. The van der Waals surface area contributed by atoms with Crippen molar-refractivity contribution in [3.05, 3.63) is 170 Å². The molecular weight excluding hydrogens is 613 g/mol. The van der Waals surface area contributed by atoms with E-state index in [2.05, 4.69) is 94.5 Å². The van der Waals surface area contributed by atoms with Crippen LogP contribution in [-0.2, 0) is 0 Å². The first kappa shape index (κ1) is 23.5. The lowest BCUT2D eigenvalue weighted by atomic mass is 10.0. The maximum Gasteiger partial charge on any atom is 0.164 e. The summed E-state index contributed by atoms with van der Waals surface area (Å²) in [6, 6.07) is 44.6. The first-order valence-corrected chi connectivity index (χ1v) is 16.3. The standard InChI is InChI=1S/C45H28N4O/c1-4-12-29(13-5-1)32-20-23-36-35-18-10-11-19-39(35)49(40(36)27-32)34-22-24-37-38-26-33(21-25-41(38)50-42(37)28-34)45-47-43(30-14-6-2-7-15-30)46-44(48-45)31-16-8-3-9-17-31/h1-28H/i2D,6D,7D,14D,15D. The van der Waals surface area contributed by atoms with Crippen LogP contribution in [0, 0.1) is 0 Å². The predicted molar refractivity (Wildman–Crippen MR) is 203 cm³/mol. The molecular formula is C45H28N4O. The molecule has 5 nitrogen and oxygen atoms in total. The van der Waals surface area contributed by atoms with Crippen LogP contribution in [0.5, 0.6) is 0 Å². The minimum Gasteiger partial charge on any atom is -0.456 e. The predicted octanol–water partition coefficient (Wildman–Crippen LogP) is 11.5. The zero-order chi connectivity index (χ0) is 37.4. The molecule has 3 heterocycles. The Balaban J connectivity index is 1.13. The minimum absolute atomic E-state index is 0.00996. The fourth-order valence-corrected chi connectivity index (χ4v) is 6.80. The summed E-state index contributed by atoms with van der Waals surface area (Å²) in [5.74, 6) is 0.600. The number of aromatic nitrogens is 4. The Hall–Kier alpha value is -6.85. The summed E-state index contributed by atoms with van der Waals surface area (Å²) in [6.45, 7) is 0. The Bertz CT molecular complexity index is 3130. The molecule has 0 aliphatic rings. The summed E-state index contributed by atoms with van der Waals surface area (Å²) in [6.07, 6.45) is 0. The number of rotatable bonds is 5. The maximum absolute atomic E-state index is 8.62. The fourth-order valence-electron chi connectivity index (χ4n) is 6.80. The Morgan fingerprint density at radius 3 is 1.86 bits per heavy atom. The highest BCUT2D eigenvalue weighted by Crippen LogP contribution is 2.38. The van der Waals surface area contributed by atoms with Gasteiger partial charge in [0.15, 0.2) is 17.5 Å². The molecule has 0 aliphatic carbocycles. The van der Waals surface area contributed by atoms with E-state index in [1.54, 1.807) is 0 Å². The highest BCUT2D eigenvalue weighted by Gasteiger charge is 2.17. The van der Waals surface area contributed by atoms with Crippen LogP contribution in [0.4, 0.5) is 0 Å². The number of benzene rings is 7. The number of hydrogen-bond acceptors (Lipinski definition) is 4. The van der Waals surface area contributed by atoms with E-state index >= 15 is 0 Å². The molecule has 3 aromatic heterocycles. The third-order valence-corrected chi connectivity index (χ3v) is 9.14. The molecule has 0 radical (unpaired) electrons. The van der Waals surface area contributed by atoms with E-state index < -0.39 is 18.1 Å². The lowest BCUT2D eigenvalue weighted by molar-refractivity contribution is 0.668. The SMILES string of the molecule is [2H]c1c([2H])c([2H])c(-c2nc(-c3ccccc3)nc(-c3ccc4oc5cc(-n6c7ccccc7c7ccc(-c8ccccc8)cc76)ccc5c4c3)n2)c([2H])c1[2H]. The number of hydrogen-bond donors (Lipinski definition) is 0. The van der Waals surface area contributed by atoms with E-state index in [1.807, 2.05) is 54.6 Å². The molecule has 0 bridgehead atoms. The van der Waals surface area contributed by atoms with Gasteiger partial charge in [0.1, 0.15) is 11.2 Å². The Morgan fingerprint density at radius 1 is 0.420 bits per heavy atom. The van der Waals surface area contributed by atoms with Crippen molar-refractivity contribution in [1.29, 1.82) is 0 Å². The normalized spacial score (nSPS) is 13.0.